The van der Waals surface area contributed by atoms with Crippen LogP contribution in [0.25, 0.3) is 0 Å². The summed E-state index contributed by atoms with van der Waals surface area (Å²) in [6, 6.07) is 8.95. The van der Waals surface area contributed by atoms with Gasteiger partial charge in [0, 0.05) is 24.8 Å². The van der Waals surface area contributed by atoms with Crippen LogP contribution in [0.1, 0.15) is 58.9 Å². The molecule has 1 aliphatic rings. The van der Waals surface area contributed by atoms with Crippen LogP contribution in [0.3, 0.4) is 0 Å². The van der Waals surface area contributed by atoms with Crippen LogP contribution >= 0.6 is 0 Å². The summed E-state index contributed by atoms with van der Waals surface area (Å²) >= 11 is 0. The fourth-order valence-electron chi connectivity index (χ4n) is 2.75. The van der Waals surface area contributed by atoms with Crippen molar-refractivity contribution in [3.05, 3.63) is 29.8 Å². The van der Waals surface area contributed by atoms with Crippen LogP contribution in [0.15, 0.2) is 24.3 Å². The number of anilines is 1. The minimum Gasteiger partial charge on any atom is -0.444 e. The molecule has 4 heteroatoms. The zero-order chi connectivity index (χ0) is 17.0. The molecule has 1 aliphatic heterocycles. The van der Waals surface area contributed by atoms with Gasteiger partial charge in [-0.1, -0.05) is 26.0 Å². The predicted octanol–water partition coefficient (Wildman–Crippen LogP) is 4.62. The zero-order valence-corrected chi connectivity index (χ0v) is 15.1. The maximum absolute atomic E-state index is 12.1. The monoisotopic (exact) mass is 318 g/mol. The predicted molar refractivity (Wildman–Crippen MR) is 95.0 cm³/mol. The van der Waals surface area contributed by atoms with Crippen molar-refractivity contribution in [1.82, 2.24) is 4.90 Å². The Labute approximate surface area is 140 Å². The number of nitrogens with one attached hydrogen (secondary N) is 1. The van der Waals surface area contributed by atoms with Crippen molar-refractivity contribution < 1.29 is 9.53 Å². The first kappa shape index (κ1) is 17.6. The first-order valence-electron chi connectivity index (χ1n) is 8.63. The van der Waals surface area contributed by atoms with Crippen LogP contribution < -0.4 is 5.32 Å². The van der Waals surface area contributed by atoms with Gasteiger partial charge in [0.05, 0.1) is 0 Å². The highest BCUT2D eigenvalue weighted by Gasteiger charge is 2.29. The van der Waals surface area contributed by atoms with Crippen molar-refractivity contribution in [2.24, 2.45) is 0 Å². The third kappa shape index (κ3) is 5.15. The SMILES string of the molecule is CCC(C)c1ccc(NC2CCN(C(=O)OC(C)(C)C)C2)cc1. The van der Waals surface area contributed by atoms with Gasteiger partial charge in [0.15, 0.2) is 0 Å². The molecule has 2 unspecified atom stereocenters. The average molecular weight is 318 g/mol. The fourth-order valence-corrected chi connectivity index (χ4v) is 2.75. The van der Waals surface area contributed by atoms with E-state index in [0.29, 0.717) is 12.5 Å². The Bertz CT molecular complexity index is 519. The van der Waals surface area contributed by atoms with E-state index in [9.17, 15) is 4.79 Å². The Morgan fingerprint density at radius 2 is 2.00 bits per heavy atom. The second-order valence-electron chi connectivity index (χ2n) is 7.49. The van der Waals surface area contributed by atoms with Gasteiger partial charge in [-0.15, -0.1) is 0 Å². The van der Waals surface area contributed by atoms with Crippen LogP contribution in [-0.4, -0.2) is 35.7 Å². The van der Waals surface area contributed by atoms with Gasteiger partial charge in [0.1, 0.15) is 5.60 Å². The number of hydrogen-bond donors (Lipinski definition) is 1. The van der Waals surface area contributed by atoms with E-state index < -0.39 is 5.60 Å². The normalized spacial score (nSPS) is 19.5. The molecule has 0 bridgehead atoms. The van der Waals surface area contributed by atoms with Crippen LogP contribution in [0, 0.1) is 0 Å². The van der Waals surface area contributed by atoms with Gasteiger partial charge >= 0.3 is 6.09 Å². The molecule has 1 N–H and O–H groups in total. The standard InChI is InChI=1S/C19H30N2O2/c1-6-14(2)15-7-9-16(10-8-15)20-17-11-12-21(13-17)18(22)23-19(3,4)5/h7-10,14,17,20H,6,11-13H2,1-5H3. The lowest BCUT2D eigenvalue weighted by molar-refractivity contribution is 0.0293. The Morgan fingerprint density at radius 1 is 1.35 bits per heavy atom. The third-order valence-corrected chi connectivity index (χ3v) is 4.30. The quantitative estimate of drug-likeness (QED) is 0.880. The number of carbonyl (C=O) groups excluding carboxylic acids is 1. The van der Waals surface area contributed by atoms with Crippen LogP contribution in [0.4, 0.5) is 10.5 Å². The molecule has 0 spiro atoms. The molecule has 1 fully saturated rings. The number of rotatable bonds is 4. The largest absolute Gasteiger partial charge is 0.444 e. The lowest BCUT2D eigenvalue weighted by Gasteiger charge is -2.24. The minimum atomic E-state index is -0.436. The summed E-state index contributed by atoms with van der Waals surface area (Å²) in [5.41, 5.74) is 2.06. The molecule has 1 heterocycles. The molecule has 1 aromatic rings. The molecule has 23 heavy (non-hydrogen) atoms. The zero-order valence-electron chi connectivity index (χ0n) is 15.1. The summed E-state index contributed by atoms with van der Waals surface area (Å²) in [6.07, 6.45) is 1.89. The second kappa shape index (κ2) is 7.24. The molecule has 1 amide bonds. The maximum Gasteiger partial charge on any atom is 0.410 e. The van der Waals surface area contributed by atoms with Gasteiger partial charge < -0.3 is 15.0 Å². The molecule has 0 saturated carbocycles. The topological polar surface area (TPSA) is 41.6 Å². The Balaban J connectivity index is 1.87. The number of nitrogens with zero attached hydrogens (tertiary/aromatic N) is 1. The van der Waals surface area contributed by atoms with Gasteiger partial charge in [0.2, 0.25) is 0 Å². The van der Waals surface area contributed by atoms with E-state index in [4.69, 9.17) is 4.74 Å². The summed E-state index contributed by atoms with van der Waals surface area (Å²) in [4.78, 5) is 13.9. The molecule has 128 valence electrons. The first-order chi connectivity index (χ1) is 10.8. The lowest BCUT2D eigenvalue weighted by Crippen LogP contribution is -2.36. The average Bonchev–Trinajstić information content (AvgIpc) is 2.94. The van der Waals surface area contributed by atoms with Crippen molar-refractivity contribution in [3.8, 4) is 0 Å². The summed E-state index contributed by atoms with van der Waals surface area (Å²) in [5.74, 6) is 0.596. The minimum absolute atomic E-state index is 0.214. The lowest BCUT2D eigenvalue weighted by atomic mass is 9.98. The molecular weight excluding hydrogens is 288 g/mol. The van der Waals surface area contributed by atoms with Gasteiger partial charge in [-0.25, -0.2) is 4.79 Å². The Kier molecular flexibility index (Phi) is 5.55. The van der Waals surface area contributed by atoms with Crippen LogP contribution in [-0.2, 0) is 4.74 Å². The molecule has 1 aromatic carbocycles. The van der Waals surface area contributed by atoms with Crippen molar-refractivity contribution >= 4 is 11.8 Å². The summed E-state index contributed by atoms with van der Waals surface area (Å²) in [5, 5.41) is 3.52. The smallest absolute Gasteiger partial charge is 0.410 e. The van der Waals surface area contributed by atoms with Crippen molar-refractivity contribution in [1.29, 1.82) is 0 Å². The highest BCUT2D eigenvalue weighted by molar-refractivity contribution is 5.68. The molecular formula is C19H30N2O2. The number of amides is 1. The molecule has 0 radical (unpaired) electrons. The number of hydrogen-bond acceptors (Lipinski definition) is 3. The van der Waals surface area contributed by atoms with E-state index >= 15 is 0 Å². The molecule has 2 rings (SSSR count). The van der Waals surface area contributed by atoms with Crippen LogP contribution in [0.2, 0.25) is 0 Å². The summed E-state index contributed by atoms with van der Waals surface area (Å²) < 4.78 is 5.43. The number of likely N-dealkylation sites (tertiary alicyclic amines) is 1. The molecule has 2 atom stereocenters. The summed E-state index contributed by atoms with van der Waals surface area (Å²) in [7, 11) is 0. The molecule has 0 aliphatic carbocycles. The third-order valence-electron chi connectivity index (χ3n) is 4.30. The molecule has 0 aromatic heterocycles. The van der Waals surface area contributed by atoms with E-state index in [1.165, 1.54) is 5.56 Å². The van der Waals surface area contributed by atoms with Gasteiger partial charge in [-0.05, 0) is 57.2 Å². The maximum atomic E-state index is 12.1. The van der Waals surface area contributed by atoms with Gasteiger partial charge in [0.25, 0.3) is 0 Å². The Morgan fingerprint density at radius 3 is 2.57 bits per heavy atom. The fraction of sp³-hybridized carbons (Fsp3) is 0.632. The summed E-state index contributed by atoms with van der Waals surface area (Å²) in [6.45, 7) is 11.6. The van der Waals surface area contributed by atoms with E-state index in [0.717, 1.165) is 25.1 Å². The highest BCUT2D eigenvalue weighted by Crippen LogP contribution is 2.22. The van der Waals surface area contributed by atoms with E-state index in [1.807, 2.05) is 20.8 Å². The van der Waals surface area contributed by atoms with E-state index in [2.05, 4.69) is 43.4 Å². The van der Waals surface area contributed by atoms with E-state index in [-0.39, 0.29) is 12.1 Å². The molecule has 4 nitrogen and oxygen atoms in total. The number of carbonyl (C=O) groups is 1. The van der Waals surface area contributed by atoms with Gasteiger partial charge in [-0.2, -0.15) is 0 Å². The first-order valence-corrected chi connectivity index (χ1v) is 8.63. The number of ether oxygens (including phenoxy) is 1. The van der Waals surface area contributed by atoms with Gasteiger partial charge in [-0.3, -0.25) is 0 Å². The molecule has 1 saturated heterocycles. The second-order valence-corrected chi connectivity index (χ2v) is 7.49. The van der Waals surface area contributed by atoms with Crippen molar-refractivity contribution in [2.75, 3.05) is 18.4 Å². The van der Waals surface area contributed by atoms with E-state index in [1.54, 1.807) is 4.90 Å². The van der Waals surface area contributed by atoms with Crippen molar-refractivity contribution in [3.63, 3.8) is 0 Å². The Hall–Kier alpha value is -1.71. The number of benzene rings is 1. The van der Waals surface area contributed by atoms with Crippen LogP contribution in [0.5, 0.6) is 0 Å². The highest BCUT2D eigenvalue weighted by atomic mass is 16.6. The van der Waals surface area contributed by atoms with Crippen molar-refractivity contribution in [2.45, 2.75) is 65.0 Å².